The third kappa shape index (κ3) is 2.78. The number of aromatic nitrogens is 1. The van der Waals surface area contributed by atoms with Gasteiger partial charge in [0.05, 0.1) is 0 Å². The summed E-state index contributed by atoms with van der Waals surface area (Å²) in [5.74, 6) is 0. The van der Waals surface area contributed by atoms with E-state index in [0.29, 0.717) is 0 Å². The average Bonchev–Trinajstić information content (AvgIpc) is 2.85. The van der Waals surface area contributed by atoms with Gasteiger partial charge >= 0.3 is 134 Å². The van der Waals surface area contributed by atoms with Gasteiger partial charge in [-0.2, -0.15) is 0 Å². The summed E-state index contributed by atoms with van der Waals surface area (Å²) in [6, 6.07) is 15.2. The molecule has 0 radical (unpaired) electrons. The summed E-state index contributed by atoms with van der Waals surface area (Å²) in [7, 11) is 0. The SMILES string of the molecule is CC(C)[N+]([O-])=Cc1ccc(-n2[se]c3ccccc3c2=O)cc1. The number of benzene rings is 2. The van der Waals surface area contributed by atoms with Gasteiger partial charge in [0.2, 0.25) is 0 Å². The van der Waals surface area contributed by atoms with Crippen molar-refractivity contribution in [1.29, 1.82) is 0 Å². The zero-order chi connectivity index (χ0) is 15.7. The van der Waals surface area contributed by atoms with Gasteiger partial charge in [0.1, 0.15) is 0 Å². The van der Waals surface area contributed by atoms with Crippen LogP contribution in [0, 0.1) is 5.21 Å². The van der Waals surface area contributed by atoms with Crippen LogP contribution in [-0.2, 0) is 0 Å². The Bertz CT molecular complexity index is 889. The van der Waals surface area contributed by atoms with Crippen molar-refractivity contribution in [3.05, 3.63) is 69.7 Å². The average molecular weight is 359 g/mol. The third-order valence-corrected chi connectivity index (χ3v) is 5.74. The van der Waals surface area contributed by atoms with E-state index in [4.69, 9.17) is 0 Å². The number of rotatable bonds is 3. The van der Waals surface area contributed by atoms with Crippen molar-refractivity contribution in [1.82, 2.24) is 3.56 Å². The Balaban J connectivity index is 2.00. The van der Waals surface area contributed by atoms with E-state index in [0.717, 1.165) is 25.6 Å². The molecule has 0 atom stereocenters. The fraction of sp³-hybridized carbons (Fsp3) is 0.176. The van der Waals surface area contributed by atoms with Gasteiger partial charge in [-0.3, -0.25) is 0 Å². The van der Waals surface area contributed by atoms with Crippen molar-refractivity contribution in [2.45, 2.75) is 19.9 Å². The normalized spacial score (nSPS) is 12.2. The zero-order valence-electron chi connectivity index (χ0n) is 12.4. The quantitative estimate of drug-likeness (QED) is 0.237. The predicted molar refractivity (Wildman–Crippen MR) is 90.4 cm³/mol. The Kier molecular flexibility index (Phi) is 4.01. The van der Waals surface area contributed by atoms with Crippen LogP contribution in [0.1, 0.15) is 19.4 Å². The van der Waals surface area contributed by atoms with Crippen molar-refractivity contribution in [3.63, 3.8) is 0 Å². The Morgan fingerprint density at radius 2 is 1.82 bits per heavy atom. The molecule has 0 unspecified atom stereocenters. The molecule has 2 aromatic carbocycles. The van der Waals surface area contributed by atoms with Crippen molar-refractivity contribution in [3.8, 4) is 5.69 Å². The molecule has 3 rings (SSSR count). The molecule has 3 aromatic rings. The fourth-order valence-corrected chi connectivity index (χ4v) is 4.23. The van der Waals surface area contributed by atoms with Gasteiger partial charge in [0.15, 0.2) is 0 Å². The molecule has 4 nitrogen and oxygen atoms in total. The van der Waals surface area contributed by atoms with Crippen LogP contribution in [0.5, 0.6) is 0 Å². The first kappa shape index (κ1) is 14.8. The second kappa shape index (κ2) is 5.95. The zero-order valence-corrected chi connectivity index (χ0v) is 14.1. The molecule has 1 aromatic heterocycles. The minimum atomic E-state index is -0.0855. The second-order valence-corrected chi connectivity index (χ2v) is 7.43. The Hall–Kier alpha value is -2.10. The minimum absolute atomic E-state index is 0.0264. The van der Waals surface area contributed by atoms with Crippen molar-refractivity contribution >= 4 is 30.6 Å². The van der Waals surface area contributed by atoms with Crippen LogP contribution in [0.15, 0.2) is 53.3 Å². The second-order valence-electron chi connectivity index (χ2n) is 5.36. The number of hydrogen-bond donors (Lipinski definition) is 0. The predicted octanol–water partition coefficient (Wildman–Crippen LogP) is 2.39. The Morgan fingerprint density at radius 1 is 1.14 bits per heavy atom. The van der Waals surface area contributed by atoms with Crippen LogP contribution in [0.25, 0.3) is 15.3 Å². The number of fused-ring (bicyclic) bond motifs is 1. The maximum absolute atomic E-state index is 12.4. The van der Waals surface area contributed by atoms with Crippen LogP contribution in [0.2, 0.25) is 0 Å². The van der Waals surface area contributed by atoms with Crippen LogP contribution >= 0.6 is 0 Å². The molecule has 5 heteroatoms. The summed E-state index contributed by atoms with van der Waals surface area (Å²) < 4.78 is 3.86. The topological polar surface area (TPSA) is 48.1 Å². The molecule has 0 bridgehead atoms. The van der Waals surface area contributed by atoms with Crippen molar-refractivity contribution in [2.24, 2.45) is 0 Å². The molecule has 0 aliphatic heterocycles. The van der Waals surface area contributed by atoms with Crippen LogP contribution in [-0.4, -0.2) is 35.3 Å². The molecule has 22 heavy (non-hydrogen) atoms. The van der Waals surface area contributed by atoms with E-state index in [1.807, 2.05) is 65.9 Å². The molecule has 0 saturated carbocycles. The van der Waals surface area contributed by atoms with E-state index in [9.17, 15) is 10.0 Å². The van der Waals surface area contributed by atoms with Crippen molar-refractivity contribution in [2.75, 3.05) is 0 Å². The number of nitrogens with zero attached hydrogens (tertiary/aromatic N) is 2. The van der Waals surface area contributed by atoms with Gasteiger partial charge in [-0.15, -0.1) is 0 Å². The van der Waals surface area contributed by atoms with E-state index >= 15 is 0 Å². The van der Waals surface area contributed by atoms with Crippen molar-refractivity contribution < 1.29 is 4.74 Å². The summed E-state index contributed by atoms with van der Waals surface area (Å²) in [6.45, 7) is 3.70. The molecule has 0 aliphatic carbocycles. The molecule has 112 valence electrons. The first-order valence-electron chi connectivity index (χ1n) is 7.08. The summed E-state index contributed by atoms with van der Waals surface area (Å²) >= 11 is -0.0264. The number of hydrogen-bond acceptors (Lipinski definition) is 2. The summed E-state index contributed by atoms with van der Waals surface area (Å²) in [5, 5.41) is 12.4. The standard InChI is InChI=1S/C17H16N2O2Se/c1-12(2)18(21)11-13-7-9-14(10-8-13)19-17(20)15-5-3-4-6-16(15)22-19/h3-12H,1-2H3. The van der Waals surface area contributed by atoms with Crippen LogP contribution in [0.3, 0.4) is 0 Å². The number of hydroxylamine groups is 1. The van der Waals surface area contributed by atoms with Gasteiger partial charge in [-0.1, -0.05) is 0 Å². The molecule has 0 aliphatic rings. The van der Waals surface area contributed by atoms with E-state index in [-0.39, 0.29) is 26.3 Å². The first-order chi connectivity index (χ1) is 10.6. The van der Waals surface area contributed by atoms with Gasteiger partial charge in [-0.25, -0.2) is 0 Å². The maximum atomic E-state index is 12.4. The molecule has 1 heterocycles. The molecule has 0 spiro atoms. The van der Waals surface area contributed by atoms with E-state index in [2.05, 4.69) is 0 Å². The van der Waals surface area contributed by atoms with E-state index < -0.39 is 0 Å². The molecular weight excluding hydrogens is 343 g/mol. The summed E-state index contributed by atoms with van der Waals surface area (Å²) in [4.78, 5) is 12.4. The molecule has 0 saturated heterocycles. The van der Waals surface area contributed by atoms with E-state index in [1.54, 1.807) is 6.21 Å². The monoisotopic (exact) mass is 360 g/mol. The molecule has 0 amide bonds. The fourth-order valence-electron chi connectivity index (χ4n) is 2.13. The summed E-state index contributed by atoms with van der Waals surface area (Å²) in [5.41, 5.74) is 1.77. The van der Waals surface area contributed by atoms with Crippen LogP contribution < -0.4 is 5.56 Å². The van der Waals surface area contributed by atoms with Gasteiger partial charge in [0.25, 0.3) is 0 Å². The summed E-state index contributed by atoms with van der Waals surface area (Å²) in [6.07, 6.45) is 1.57. The van der Waals surface area contributed by atoms with Crippen LogP contribution in [0.4, 0.5) is 0 Å². The van der Waals surface area contributed by atoms with Gasteiger partial charge < -0.3 is 0 Å². The van der Waals surface area contributed by atoms with Gasteiger partial charge in [-0.05, 0) is 0 Å². The first-order valence-corrected chi connectivity index (χ1v) is 8.70. The third-order valence-electron chi connectivity index (χ3n) is 3.40. The Morgan fingerprint density at radius 3 is 2.45 bits per heavy atom. The molecular formula is C17H16N2O2Se. The molecule has 0 fully saturated rings. The molecule has 0 N–H and O–H groups in total. The van der Waals surface area contributed by atoms with E-state index in [1.165, 1.54) is 0 Å². The Labute approximate surface area is 134 Å². The van der Waals surface area contributed by atoms with Gasteiger partial charge in [0, 0.05) is 0 Å².